The molecule has 2 aliphatic heterocycles. The van der Waals surface area contributed by atoms with Gasteiger partial charge >= 0.3 is 0 Å². The number of nitrogens with one attached hydrogen (secondary N) is 1. The van der Waals surface area contributed by atoms with Gasteiger partial charge in [-0.3, -0.25) is 29.5 Å². The Bertz CT molecular complexity index is 2020. The highest BCUT2D eigenvalue weighted by Gasteiger charge is 2.70. The van der Waals surface area contributed by atoms with Crippen molar-refractivity contribution in [3.8, 4) is 5.75 Å². The fraction of sp³-hybridized carbons (Fsp3) is 0.268. The van der Waals surface area contributed by atoms with E-state index in [-0.39, 0.29) is 24.0 Å². The van der Waals surface area contributed by atoms with E-state index in [1.165, 1.54) is 4.90 Å². The summed E-state index contributed by atoms with van der Waals surface area (Å²) in [5.74, 6) is -4.81. The SMILES string of the molecule is CCc1ccc(N2C(=O)C3CC=C4C(CC5C(=O)N(Nc6ccc(C)cc6)C(=O)C5(c5ccccc5)C4c4ccccc4O)C3C2=O)cc1. The van der Waals surface area contributed by atoms with Crippen LogP contribution in [0, 0.1) is 30.6 Å². The minimum absolute atomic E-state index is 0.00175. The lowest BCUT2D eigenvalue weighted by atomic mass is 9.49. The summed E-state index contributed by atoms with van der Waals surface area (Å²) in [6.07, 6.45) is 3.36. The molecule has 2 N–H and O–H groups in total. The van der Waals surface area contributed by atoms with Crippen LogP contribution in [0.5, 0.6) is 5.75 Å². The third kappa shape index (κ3) is 4.50. The van der Waals surface area contributed by atoms with Gasteiger partial charge in [-0.05, 0) is 73.6 Å². The number of aromatic hydroxyl groups is 1. The molecule has 6 atom stereocenters. The van der Waals surface area contributed by atoms with Gasteiger partial charge in [0.1, 0.15) is 5.75 Å². The molecule has 1 saturated carbocycles. The highest BCUT2D eigenvalue weighted by atomic mass is 16.3. The smallest absolute Gasteiger partial charge is 0.260 e. The van der Waals surface area contributed by atoms with Gasteiger partial charge in [-0.1, -0.05) is 96.9 Å². The van der Waals surface area contributed by atoms with Crippen molar-refractivity contribution >= 4 is 35.0 Å². The quantitative estimate of drug-likeness (QED) is 0.183. The van der Waals surface area contributed by atoms with E-state index in [4.69, 9.17) is 0 Å². The maximum atomic E-state index is 15.2. The zero-order chi connectivity index (χ0) is 34.0. The van der Waals surface area contributed by atoms with E-state index in [0.717, 1.165) is 28.1 Å². The molecule has 8 heteroatoms. The van der Waals surface area contributed by atoms with Gasteiger partial charge in [-0.2, -0.15) is 5.01 Å². The summed E-state index contributed by atoms with van der Waals surface area (Å²) in [5, 5.41) is 12.6. The Balaban J connectivity index is 1.30. The first-order chi connectivity index (χ1) is 23.7. The van der Waals surface area contributed by atoms with Crippen molar-refractivity contribution in [3.05, 3.63) is 137 Å². The second-order valence-corrected chi connectivity index (χ2v) is 13.7. The Labute approximate surface area is 285 Å². The molecule has 246 valence electrons. The summed E-state index contributed by atoms with van der Waals surface area (Å²) >= 11 is 0. The summed E-state index contributed by atoms with van der Waals surface area (Å²) in [7, 11) is 0. The number of hydrogen-bond acceptors (Lipinski definition) is 6. The van der Waals surface area contributed by atoms with Crippen molar-refractivity contribution in [2.24, 2.45) is 23.7 Å². The molecule has 6 unspecified atom stereocenters. The van der Waals surface area contributed by atoms with E-state index in [2.05, 4.69) is 12.3 Å². The van der Waals surface area contributed by atoms with E-state index in [9.17, 15) is 19.5 Å². The monoisotopic (exact) mass is 651 g/mol. The van der Waals surface area contributed by atoms with Crippen LogP contribution in [-0.4, -0.2) is 33.7 Å². The molecule has 0 bridgehead atoms. The number of fused-ring (bicyclic) bond motifs is 4. The molecule has 2 heterocycles. The summed E-state index contributed by atoms with van der Waals surface area (Å²) < 4.78 is 0. The molecule has 8 nitrogen and oxygen atoms in total. The average Bonchev–Trinajstić information content (AvgIpc) is 3.50. The van der Waals surface area contributed by atoms with Crippen molar-refractivity contribution in [2.75, 3.05) is 10.3 Å². The number of nitrogens with zero attached hydrogens (tertiary/aromatic N) is 2. The number of para-hydroxylation sites is 1. The number of phenolic OH excluding ortho intramolecular Hbond substituents is 1. The Kier molecular flexibility index (Phi) is 7.28. The van der Waals surface area contributed by atoms with Crippen LogP contribution in [0.4, 0.5) is 11.4 Å². The minimum atomic E-state index is -1.43. The minimum Gasteiger partial charge on any atom is -0.508 e. The van der Waals surface area contributed by atoms with Gasteiger partial charge in [-0.15, -0.1) is 0 Å². The largest absolute Gasteiger partial charge is 0.508 e. The maximum absolute atomic E-state index is 15.2. The lowest BCUT2D eigenvalue weighted by Crippen LogP contribution is -2.53. The van der Waals surface area contributed by atoms with Crippen molar-refractivity contribution in [3.63, 3.8) is 0 Å². The summed E-state index contributed by atoms with van der Waals surface area (Å²) in [6, 6.07) is 31.2. The third-order valence-corrected chi connectivity index (χ3v) is 11.2. The van der Waals surface area contributed by atoms with Crippen LogP contribution in [0.25, 0.3) is 0 Å². The number of carbonyl (C=O) groups excluding carboxylic acids is 4. The maximum Gasteiger partial charge on any atom is 0.260 e. The molecule has 0 aromatic heterocycles. The van der Waals surface area contributed by atoms with Gasteiger partial charge in [-0.25, -0.2) is 0 Å². The van der Waals surface area contributed by atoms with E-state index >= 15 is 4.79 Å². The zero-order valence-corrected chi connectivity index (χ0v) is 27.4. The molecule has 3 fully saturated rings. The highest BCUT2D eigenvalue weighted by molar-refractivity contribution is 6.22. The Morgan fingerprint density at radius 3 is 2.18 bits per heavy atom. The van der Waals surface area contributed by atoms with Crippen molar-refractivity contribution in [2.45, 2.75) is 44.4 Å². The van der Waals surface area contributed by atoms with Crippen LogP contribution in [0.2, 0.25) is 0 Å². The first kappa shape index (κ1) is 30.8. The molecule has 4 aromatic rings. The Hall–Kier alpha value is -5.50. The molecule has 4 aromatic carbocycles. The molecule has 4 amide bonds. The number of allylic oxidation sites excluding steroid dienone is 2. The van der Waals surface area contributed by atoms with Crippen molar-refractivity contribution in [1.29, 1.82) is 0 Å². The highest BCUT2D eigenvalue weighted by Crippen LogP contribution is 2.64. The van der Waals surface area contributed by atoms with Crippen LogP contribution < -0.4 is 10.3 Å². The number of hydrogen-bond donors (Lipinski definition) is 2. The number of phenols is 1. The van der Waals surface area contributed by atoms with Crippen LogP contribution in [0.15, 0.2) is 115 Å². The van der Waals surface area contributed by atoms with E-state index in [1.54, 1.807) is 18.2 Å². The Morgan fingerprint density at radius 2 is 1.49 bits per heavy atom. The van der Waals surface area contributed by atoms with Crippen LogP contribution in [0.3, 0.4) is 0 Å². The summed E-state index contributed by atoms with van der Waals surface area (Å²) in [5.41, 5.74) is 6.93. The summed E-state index contributed by atoms with van der Waals surface area (Å²) in [6.45, 7) is 4.01. The molecular weight excluding hydrogens is 614 g/mol. The number of carbonyl (C=O) groups is 4. The standard InChI is InChI=1S/C41H37N3O5/c1-3-25-15-19-28(20-16-25)43-37(46)31-22-21-29-32(35(31)39(43)48)23-33-38(47)44(42-27-17-13-24(2)14-18-27)40(49)41(33,26-9-5-4-6-10-26)36(29)30-11-7-8-12-34(30)45/h4-21,31-33,35-36,42,45H,3,22-23H2,1-2H3. The number of anilines is 2. The number of hydrazine groups is 1. The molecule has 0 spiro atoms. The Morgan fingerprint density at radius 1 is 0.796 bits per heavy atom. The third-order valence-electron chi connectivity index (χ3n) is 11.2. The molecule has 2 aliphatic carbocycles. The molecule has 0 radical (unpaired) electrons. The summed E-state index contributed by atoms with van der Waals surface area (Å²) in [4.78, 5) is 59.6. The van der Waals surface area contributed by atoms with Crippen LogP contribution >= 0.6 is 0 Å². The predicted octanol–water partition coefficient (Wildman–Crippen LogP) is 6.45. The van der Waals surface area contributed by atoms with Gasteiger partial charge in [0.25, 0.3) is 11.8 Å². The normalized spacial score (nSPS) is 27.5. The van der Waals surface area contributed by atoms with Gasteiger partial charge in [0.2, 0.25) is 11.8 Å². The fourth-order valence-corrected chi connectivity index (χ4v) is 8.96. The molecule has 4 aliphatic rings. The second-order valence-electron chi connectivity index (χ2n) is 13.7. The van der Waals surface area contributed by atoms with Gasteiger partial charge in [0.15, 0.2) is 0 Å². The fourth-order valence-electron chi connectivity index (χ4n) is 8.96. The van der Waals surface area contributed by atoms with E-state index in [0.29, 0.717) is 28.9 Å². The van der Waals surface area contributed by atoms with Crippen LogP contribution in [0.1, 0.15) is 47.9 Å². The number of rotatable bonds is 6. The van der Waals surface area contributed by atoms with Gasteiger partial charge in [0, 0.05) is 11.5 Å². The van der Waals surface area contributed by atoms with Gasteiger partial charge in [0.05, 0.1) is 34.5 Å². The first-order valence-electron chi connectivity index (χ1n) is 17.0. The number of imide groups is 2. The zero-order valence-electron chi connectivity index (χ0n) is 27.4. The number of amides is 4. The van der Waals surface area contributed by atoms with Crippen LogP contribution in [-0.2, 0) is 31.0 Å². The number of benzene rings is 4. The topological polar surface area (TPSA) is 107 Å². The first-order valence-corrected chi connectivity index (χ1v) is 17.0. The predicted molar refractivity (Wildman–Crippen MR) is 185 cm³/mol. The molecule has 2 saturated heterocycles. The number of aryl methyl sites for hydroxylation is 2. The van der Waals surface area contributed by atoms with Crippen molar-refractivity contribution < 1.29 is 24.3 Å². The van der Waals surface area contributed by atoms with Crippen molar-refractivity contribution in [1.82, 2.24) is 5.01 Å². The second kappa shape index (κ2) is 11.6. The average molecular weight is 652 g/mol. The lowest BCUT2D eigenvalue weighted by Gasteiger charge is -2.50. The van der Waals surface area contributed by atoms with E-state index < -0.39 is 46.8 Å². The molecule has 49 heavy (non-hydrogen) atoms. The molecular formula is C41H37N3O5. The van der Waals surface area contributed by atoms with E-state index in [1.807, 2.05) is 97.9 Å². The lowest BCUT2D eigenvalue weighted by molar-refractivity contribution is -0.138. The van der Waals surface area contributed by atoms with Gasteiger partial charge < -0.3 is 5.11 Å². The molecule has 8 rings (SSSR count).